The monoisotopic (exact) mass is 697 g/mol. The van der Waals surface area contributed by atoms with Crippen molar-refractivity contribution in [3.63, 3.8) is 0 Å². The number of aromatic carboxylic acids is 1. The van der Waals surface area contributed by atoms with Gasteiger partial charge in [0.15, 0.2) is 0 Å². The second-order valence-corrected chi connectivity index (χ2v) is 14.2. The molecule has 51 heavy (non-hydrogen) atoms. The average molecular weight is 698 g/mol. The molecular formula is C43H59N3O5. The molecule has 1 N–H and O–H groups in total. The Labute approximate surface area is 304 Å². The lowest BCUT2D eigenvalue weighted by atomic mass is 9.89. The standard InChI is InChI=1S/C43H59N3O5/c1-7-10-12-14-16-18-20-32-22-25-37(42(48)49)40(36(32)21-19-17-15-13-11-8-2)43(50)51-46-39(47)27-24-31(9-3)41(46)33-23-26-38-34(28-33)29-35(45(38)6)30-44(4)5/h22-29H,7-21,30H2,1-6H3,(H,48,49). The molecule has 2 heterocycles. The van der Waals surface area contributed by atoms with Crippen LogP contribution >= 0.6 is 0 Å². The predicted octanol–water partition coefficient (Wildman–Crippen LogP) is 9.40. The van der Waals surface area contributed by atoms with Crippen molar-refractivity contribution in [2.45, 2.75) is 124 Å². The topological polar surface area (TPSA) is 93.8 Å². The lowest BCUT2D eigenvalue weighted by molar-refractivity contribution is 0.0440. The van der Waals surface area contributed by atoms with Crippen LogP contribution in [-0.2, 0) is 32.9 Å². The summed E-state index contributed by atoms with van der Waals surface area (Å²) >= 11 is 0. The Morgan fingerprint density at radius 3 is 2.02 bits per heavy atom. The Morgan fingerprint density at radius 1 is 0.765 bits per heavy atom. The molecule has 2 aromatic heterocycles. The number of nitrogens with zero attached hydrogens (tertiary/aromatic N) is 3. The van der Waals surface area contributed by atoms with E-state index in [0.29, 0.717) is 18.5 Å². The first-order valence-corrected chi connectivity index (χ1v) is 19.2. The summed E-state index contributed by atoms with van der Waals surface area (Å²) in [4.78, 5) is 48.8. The van der Waals surface area contributed by atoms with Gasteiger partial charge in [0.05, 0.1) is 16.8 Å². The number of pyridine rings is 1. The van der Waals surface area contributed by atoms with Gasteiger partial charge in [-0.1, -0.05) is 103 Å². The number of aryl methyl sites for hydroxylation is 3. The van der Waals surface area contributed by atoms with Gasteiger partial charge < -0.3 is 19.4 Å². The zero-order valence-electron chi connectivity index (χ0n) is 31.9. The first kappa shape index (κ1) is 39.6. The molecule has 0 bridgehead atoms. The van der Waals surface area contributed by atoms with Gasteiger partial charge >= 0.3 is 11.9 Å². The molecule has 0 aliphatic heterocycles. The fourth-order valence-electron chi connectivity index (χ4n) is 7.20. The van der Waals surface area contributed by atoms with E-state index in [4.69, 9.17) is 4.84 Å². The van der Waals surface area contributed by atoms with Gasteiger partial charge in [-0.05, 0) is 87.2 Å². The average Bonchev–Trinajstić information content (AvgIpc) is 3.41. The van der Waals surface area contributed by atoms with Gasteiger partial charge in [0.2, 0.25) is 0 Å². The summed E-state index contributed by atoms with van der Waals surface area (Å²) in [7, 11) is 6.11. The second-order valence-electron chi connectivity index (χ2n) is 14.2. The van der Waals surface area contributed by atoms with E-state index in [1.165, 1.54) is 37.8 Å². The number of carbonyl (C=O) groups excluding carboxylic acids is 1. The molecular weight excluding hydrogens is 638 g/mol. The molecule has 0 aliphatic carbocycles. The van der Waals surface area contributed by atoms with Crippen molar-refractivity contribution < 1.29 is 19.5 Å². The lowest BCUT2D eigenvalue weighted by Crippen LogP contribution is -2.34. The Morgan fingerprint density at radius 2 is 1.39 bits per heavy atom. The van der Waals surface area contributed by atoms with Crippen molar-refractivity contribution >= 4 is 22.8 Å². The molecule has 4 rings (SSSR count). The molecule has 0 spiro atoms. The van der Waals surface area contributed by atoms with Gasteiger partial charge in [-0.3, -0.25) is 4.79 Å². The Bertz CT molecular complexity index is 1830. The molecule has 276 valence electrons. The molecule has 4 aromatic rings. The van der Waals surface area contributed by atoms with Crippen LogP contribution in [0.2, 0.25) is 0 Å². The summed E-state index contributed by atoms with van der Waals surface area (Å²) in [6.45, 7) is 7.18. The van der Waals surface area contributed by atoms with Crippen molar-refractivity contribution in [1.82, 2.24) is 14.2 Å². The maximum Gasteiger partial charge on any atom is 0.364 e. The van der Waals surface area contributed by atoms with E-state index in [2.05, 4.69) is 29.4 Å². The van der Waals surface area contributed by atoms with Gasteiger partial charge in [-0.2, -0.15) is 0 Å². The van der Waals surface area contributed by atoms with Crippen molar-refractivity contribution in [2.24, 2.45) is 7.05 Å². The number of aromatic nitrogens is 2. The molecule has 0 amide bonds. The van der Waals surface area contributed by atoms with Crippen molar-refractivity contribution in [3.05, 3.63) is 92.4 Å². The summed E-state index contributed by atoms with van der Waals surface area (Å²) < 4.78 is 3.24. The normalized spacial score (nSPS) is 11.5. The molecule has 0 atom stereocenters. The number of fused-ring (bicyclic) bond motifs is 1. The van der Waals surface area contributed by atoms with Crippen LogP contribution in [0.15, 0.2) is 53.3 Å². The van der Waals surface area contributed by atoms with E-state index in [0.717, 1.165) is 108 Å². The van der Waals surface area contributed by atoms with E-state index in [1.807, 2.05) is 52.3 Å². The highest BCUT2D eigenvalue weighted by Gasteiger charge is 2.27. The van der Waals surface area contributed by atoms with Crippen LogP contribution in [0.3, 0.4) is 0 Å². The van der Waals surface area contributed by atoms with E-state index in [1.54, 1.807) is 6.07 Å². The number of rotatable bonds is 21. The van der Waals surface area contributed by atoms with Gasteiger partial charge in [0.1, 0.15) is 0 Å². The summed E-state index contributed by atoms with van der Waals surface area (Å²) in [5, 5.41) is 11.3. The highest BCUT2D eigenvalue weighted by atomic mass is 16.7. The molecule has 0 saturated carbocycles. The van der Waals surface area contributed by atoms with Crippen LogP contribution in [0.25, 0.3) is 22.2 Å². The SMILES string of the molecule is CCCCCCCCc1ccc(C(=O)O)c(C(=O)On2c(-c3ccc4c(c3)cc(CN(C)C)n4C)c(CC)ccc2=O)c1CCCCCCCC. The van der Waals surface area contributed by atoms with Gasteiger partial charge in [-0.15, -0.1) is 4.73 Å². The molecule has 0 fully saturated rings. The summed E-state index contributed by atoms with van der Waals surface area (Å²) in [5.74, 6) is -2.00. The number of hydrogen-bond acceptors (Lipinski definition) is 5. The maximum absolute atomic E-state index is 14.4. The zero-order chi connectivity index (χ0) is 36.9. The fraction of sp³-hybridized carbons (Fsp3) is 0.512. The molecule has 0 unspecified atom stereocenters. The Balaban J connectivity index is 1.76. The third-order valence-electron chi connectivity index (χ3n) is 10.0. The van der Waals surface area contributed by atoms with Crippen molar-refractivity contribution in [2.75, 3.05) is 14.1 Å². The number of carboxylic acids is 1. The number of carboxylic acid groups (broad SMARTS) is 1. The van der Waals surface area contributed by atoms with Crippen LogP contribution in [-0.4, -0.2) is 45.3 Å². The minimum Gasteiger partial charge on any atom is -0.478 e. The van der Waals surface area contributed by atoms with E-state index >= 15 is 0 Å². The van der Waals surface area contributed by atoms with Crippen LogP contribution < -0.4 is 10.4 Å². The number of carbonyl (C=O) groups is 2. The summed E-state index contributed by atoms with van der Waals surface area (Å²) in [6.07, 6.45) is 15.3. The van der Waals surface area contributed by atoms with Gasteiger partial charge in [0, 0.05) is 41.8 Å². The summed E-state index contributed by atoms with van der Waals surface area (Å²) in [6, 6.07) is 14.8. The minimum atomic E-state index is -1.19. The number of hydrogen-bond donors (Lipinski definition) is 1. The van der Waals surface area contributed by atoms with Crippen LogP contribution in [0.5, 0.6) is 0 Å². The fourth-order valence-corrected chi connectivity index (χ4v) is 7.20. The Kier molecular flexibility index (Phi) is 15.1. The first-order valence-electron chi connectivity index (χ1n) is 19.2. The lowest BCUT2D eigenvalue weighted by Gasteiger charge is -2.19. The minimum absolute atomic E-state index is 0.0612. The smallest absolute Gasteiger partial charge is 0.364 e. The molecule has 0 radical (unpaired) electrons. The zero-order valence-corrected chi connectivity index (χ0v) is 31.9. The quantitative estimate of drug-likeness (QED) is 0.0873. The second kappa shape index (κ2) is 19.4. The highest BCUT2D eigenvalue weighted by Crippen LogP contribution is 2.30. The molecule has 0 saturated heterocycles. The first-order chi connectivity index (χ1) is 24.6. The highest BCUT2D eigenvalue weighted by molar-refractivity contribution is 6.04. The van der Waals surface area contributed by atoms with Crippen molar-refractivity contribution in [3.8, 4) is 11.3 Å². The number of benzene rings is 2. The third-order valence-corrected chi connectivity index (χ3v) is 10.0. The van der Waals surface area contributed by atoms with E-state index in [9.17, 15) is 19.5 Å². The molecule has 8 heteroatoms. The Hall–Kier alpha value is -4.17. The van der Waals surface area contributed by atoms with Crippen LogP contribution in [0.4, 0.5) is 0 Å². The number of unbranched alkanes of at least 4 members (excludes halogenated alkanes) is 10. The molecule has 8 nitrogen and oxygen atoms in total. The van der Waals surface area contributed by atoms with E-state index < -0.39 is 17.5 Å². The van der Waals surface area contributed by atoms with E-state index in [-0.39, 0.29) is 11.1 Å². The van der Waals surface area contributed by atoms with Gasteiger partial charge in [0.25, 0.3) is 5.56 Å². The van der Waals surface area contributed by atoms with Crippen LogP contribution in [0.1, 0.15) is 141 Å². The molecule has 0 aliphatic rings. The third kappa shape index (κ3) is 10.2. The summed E-state index contributed by atoms with van der Waals surface area (Å²) in [5.41, 5.74) is 5.51. The largest absolute Gasteiger partial charge is 0.478 e. The molecule has 2 aromatic carbocycles. The maximum atomic E-state index is 14.4. The van der Waals surface area contributed by atoms with Crippen LogP contribution in [0, 0.1) is 0 Å². The predicted molar refractivity (Wildman–Crippen MR) is 208 cm³/mol. The van der Waals surface area contributed by atoms with Crippen molar-refractivity contribution in [1.29, 1.82) is 0 Å². The van der Waals surface area contributed by atoms with Gasteiger partial charge in [-0.25, -0.2) is 9.59 Å².